The first-order valence-electron chi connectivity index (χ1n) is 5.68. The van der Waals surface area contributed by atoms with Crippen molar-refractivity contribution in [3.63, 3.8) is 0 Å². The van der Waals surface area contributed by atoms with Crippen LogP contribution in [-0.4, -0.2) is 43.6 Å². The SMILES string of the molecule is CN1CC(=O)N2c3ccc(N)cc3OCC2C1. The molecule has 2 aliphatic heterocycles. The summed E-state index contributed by atoms with van der Waals surface area (Å²) in [5.74, 6) is 0.831. The Morgan fingerprint density at radius 3 is 3.12 bits per heavy atom. The lowest BCUT2D eigenvalue weighted by Crippen LogP contribution is -2.59. The van der Waals surface area contributed by atoms with E-state index in [0.29, 0.717) is 24.6 Å². The van der Waals surface area contributed by atoms with Crippen LogP contribution in [0, 0.1) is 0 Å². The van der Waals surface area contributed by atoms with E-state index in [1.807, 2.05) is 22.9 Å². The lowest BCUT2D eigenvalue weighted by molar-refractivity contribution is -0.122. The van der Waals surface area contributed by atoms with Crippen LogP contribution in [0.4, 0.5) is 11.4 Å². The highest BCUT2D eigenvalue weighted by Gasteiger charge is 2.36. The molecule has 1 atom stereocenters. The lowest BCUT2D eigenvalue weighted by Gasteiger charge is -2.42. The van der Waals surface area contributed by atoms with Gasteiger partial charge in [0, 0.05) is 18.3 Å². The van der Waals surface area contributed by atoms with Crippen LogP contribution in [0.1, 0.15) is 0 Å². The molecule has 1 saturated heterocycles. The van der Waals surface area contributed by atoms with Crippen molar-refractivity contribution >= 4 is 17.3 Å². The zero-order chi connectivity index (χ0) is 12.0. The second-order valence-electron chi connectivity index (χ2n) is 4.65. The van der Waals surface area contributed by atoms with E-state index in [0.717, 1.165) is 12.2 Å². The van der Waals surface area contributed by atoms with E-state index in [-0.39, 0.29) is 11.9 Å². The van der Waals surface area contributed by atoms with Crippen LogP contribution >= 0.6 is 0 Å². The van der Waals surface area contributed by atoms with Crippen LogP contribution in [-0.2, 0) is 4.79 Å². The molecule has 90 valence electrons. The molecule has 0 bridgehead atoms. The van der Waals surface area contributed by atoms with Gasteiger partial charge in [0.05, 0.1) is 18.3 Å². The molecule has 3 rings (SSSR count). The highest BCUT2D eigenvalue weighted by Crippen LogP contribution is 2.36. The first kappa shape index (κ1) is 10.4. The Bertz CT molecular complexity index is 475. The summed E-state index contributed by atoms with van der Waals surface area (Å²) in [6.07, 6.45) is 0. The summed E-state index contributed by atoms with van der Waals surface area (Å²) >= 11 is 0. The number of carbonyl (C=O) groups is 1. The summed E-state index contributed by atoms with van der Waals surface area (Å²) < 4.78 is 5.67. The quantitative estimate of drug-likeness (QED) is 0.655. The minimum Gasteiger partial charge on any atom is -0.489 e. The number of carbonyl (C=O) groups excluding carboxylic acids is 1. The van der Waals surface area contributed by atoms with E-state index in [1.165, 1.54) is 0 Å². The van der Waals surface area contributed by atoms with Crippen LogP contribution in [0.2, 0.25) is 0 Å². The average molecular weight is 233 g/mol. The number of ether oxygens (including phenoxy) is 1. The molecule has 1 unspecified atom stereocenters. The number of nitrogens with two attached hydrogens (primary N) is 1. The Kier molecular flexibility index (Phi) is 2.22. The third kappa shape index (κ3) is 1.63. The predicted molar refractivity (Wildman–Crippen MR) is 65.1 cm³/mol. The van der Waals surface area contributed by atoms with Gasteiger partial charge in [-0.25, -0.2) is 0 Å². The number of benzene rings is 1. The van der Waals surface area contributed by atoms with E-state index >= 15 is 0 Å². The molecule has 1 aromatic carbocycles. The summed E-state index contributed by atoms with van der Waals surface area (Å²) in [7, 11) is 1.95. The van der Waals surface area contributed by atoms with Crippen LogP contribution in [0.25, 0.3) is 0 Å². The fourth-order valence-corrected chi connectivity index (χ4v) is 2.51. The number of nitrogens with zero attached hydrogens (tertiary/aromatic N) is 2. The topological polar surface area (TPSA) is 58.8 Å². The monoisotopic (exact) mass is 233 g/mol. The summed E-state index contributed by atoms with van der Waals surface area (Å²) in [6.45, 7) is 1.84. The van der Waals surface area contributed by atoms with Crippen LogP contribution in [0.3, 0.4) is 0 Å². The van der Waals surface area contributed by atoms with Gasteiger partial charge in [-0.1, -0.05) is 0 Å². The fourth-order valence-electron chi connectivity index (χ4n) is 2.51. The first-order chi connectivity index (χ1) is 8.15. The van der Waals surface area contributed by atoms with Gasteiger partial charge in [-0.3, -0.25) is 9.69 Å². The zero-order valence-corrected chi connectivity index (χ0v) is 9.72. The van der Waals surface area contributed by atoms with Gasteiger partial charge in [0.1, 0.15) is 12.4 Å². The fraction of sp³-hybridized carbons (Fsp3) is 0.417. The Morgan fingerprint density at radius 2 is 2.29 bits per heavy atom. The largest absolute Gasteiger partial charge is 0.489 e. The van der Waals surface area contributed by atoms with Gasteiger partial charge in [-0.15, -0.1) is 0 Å². The molecule has 0 spiro atoms. The number of rotatable bonds is 0. The number of fused-ring (bicyclic) bond motifs is 3. The molecule has 0 aromatic heterocycles. The molecule has 17 heavy (non-hydrogen) atoms. The molecule has 2 heterocycles. The van der Waals surface area contributed by atoms with E-state index in [4.69, 9.17) is 10.5 Å². The van der Waals surface area contributed by atoms with Gasteiger partial charge in [0.25, 0.3) is 0 Å². The Morgan fingerprint density at radius 1 is 1.47 bits per heavy atom. The molecule has 5 heteroatoms. The van der Waals surface area contributed by atoms with Crippen LogP contribution in [0.15, 0.2) is 18.2 Å². The molecule has 1 aromatic rings. The van der Waals surface area contributed by atoms with Gasteiger partial charge < -0.3 is 15.4 Å². The maximum atomic E-state index is 12.1. The second kappa shape index (κ2) is 3.63. The minimum atomic E-state index is 0.109. The highest BCUT2D eigenvalue weighted by molar-refractivity contribution is 5.98. The van der Waals surface area contributed by atoms with Crippen molar-refractivity contribution in [2.45, 2.75) is 6.04 Å². The minimum absolute atomic E-state index is 0.109. The molecule has 0 radical (unpaired) electrons. The number of likely N-dealkylation sites (N-methyl/N-ethyl adjacent to an activating group) is 1. The molecular formula is C12H15N3O2. The molecule has 1 fully saturated rings. The van der Waals surface area contributed by atoms with Crippen molar-refractivity contribution in [1.82, 2.24) is 4.90 Å². The lowest BCUT2D eigenvalue weighted by atomic mass is 10.1. The number of hydrogen-bond acceptors (Lipinski definition) is 4. The summed E-state index contributed by atoms with van der Waals surface area (Å²) in [5, 5.41) is 0. The Balaban J connectivity index is 2.02. The summed E-state index contributed by atoms with van der Waals surface area (Å²) in [5.41, 5.74) is 7.21. The maximum absolute atomic E-state index is 12.1. The number of anilines is 2. The smallest absolute Gasteiger partial charge is 0.241 e. The Hall–Kier alpha value is -1.75. The molecule has 2 aliphatic rings. The molecule has 0 aliphatic carbocycles. The summed E-state index contributed by atoms with van der Waals surface area (Å²) in [6, 6.07) is 5.55. The first-order valence-corrected chi connectivity index (χ1v) is 5.68. The van der Waals surface area contributed by atoms with E-state index in [2.05, 4.69) is 0 Å². The van der Waals surface area contributed by atoms with Gasteiger partial charge >= 0.3 is 0 Å². The van der Waals surface area contributed by atoms with E-state index < -0.39 is 0 Å². The van der Waals surface area contributed by atoms with Crippen LogP contribution in [0.5, 0.6) is 5.75 Å². The van der Waals surface area contributed by atoms with Crippen molar-refractivity contribution in [3.8, 4) is 5.75 Å². The van der Waals surface area contributed by atoms with Crippen LogP contribution < -0.4 is 15.4 Å². The highest BCUT2D eigenvalue weighted by atomic mass is 16.5. The number of nitrogen functional groups attached to an aromatic ring is 1. The molecular weight excluding hydrogens is 218 g/mol. The van der Waals surface area contributed by atoms with Crippen molar-refractivity contribution in [2.75, 3.05) is 37.4 Å². The molecule has 2 N–H and O–H groups in total. The van der Waals surface area contributed by atoms with Crippen molar-refractivity contribution in [2.24, 2.45) is 0 Å². The van der Waals surface area contributed by atoms with E-state index in [1.54, 1.807) is 12.1 Å². The number of amides is 1. The van der Waals surface area contributed by atoms with Crippen molar-refractivity contribution in [1.29, 1.82) is 0 Å². The number of hydrogen-bond donors (Lipinski definition) is 1. The van der Waals surface area contributed by atoms with Gasteiger partial charge in [-0.05, 0) is 19.2 Å². The van der Waals surface area contributed by atoms with Crippen molar-refractivity contribution < 1.29 is 9.53 Å². The van der Waals surface area contributed by atoms with Gasteiger partial charge in [-0.2, -0.15) is 0 Å². The second-order valence-corrected chi connectivity index (χ2v) is 4.65. The molecule has 5 nitrogen and oxygen atoms in total. The average Bonchev–Trinajstić information content (AvgIpc) is 2.28. The van der Waals surface area contributed by atoms with E-state index in [9.17, 15) is 4.79 Å². The molecule has 0 saturated carbocycles. The Labute approximate surface area is 99.7 Å². The third-order valence-electron chi connectivity index (χ3n) is 3.24. The predicted octanol–water partition coefficient (Wildman–Crippen LogP) is 0.308. The third-order valence-corrected chi connectivity index (χ3v) is 3.24. The van der Waals surface area contributed by atoms with Gasteiger partial charge in [0.15, 0.2) is 0 Å². The standard InChI is InChI=1S/C12H15N3O2/c1-14-5-9-7-17-11-4-8(13)2-3-10(11)15(9)12(16)6-14/h2-4,9H,5-7,13H2,1H3. The normalized spacial score (nSPS) is 23.9. The summed E-state index contributed by atoms with van der Waals surface area (Å²) in [4.78, 5) is 16.0. The molecule has 1 amide bonds. The van der Waals surface area contributed by atoms with Crippen molar-refractivity contribution in [3.05, 3.63) is 18.2 Å². The van der Waals surface area contributed by atoms with Gasteiger partial charge in [0.2, 0.25) is 5.91 Å². The zero-order valence-electron chi connectivity index (χ0n) is 9.72. The maximum Gasteiger partial charge on any atom is 0.241 e. The number of piperazine rings is 1.